The number of rotatable bonds is 7. The smallest absolute Gasteiger partial charge is 0.408 e. The van der Waals surface area contributed by atoms with Crippen LogP contribution in [-0.4, -0.2) is 46.5 Å². The van der Waals surface area contributed by atoms with Crippen LogP contribution < -0.4 is 10.6 Å². The van der Waals surface area contributed by atoms with Gasteiger partial charge >= 0.3 is 6.09 Å². The van der Waals surface area contributed by atoms with E-state index < -0.39 is 23.8 Å². The molecule has 0 spiro atoms. The Balaban J connectivity index is 1.89. The minimum absolute atomic E-state index is 0.0163. The number of hydrogen-bond acceptors (Lipinski definition) is 4. The van der Waals surface area contributed by atoms with Crippen LogP contribution in [0.15, 0.2) is 18.2 Å². The second-order valence-corrected chi connectivity index (χ2v) is 10.9. The molecule has 1 aromatic rings. The fourth-order valence-corrected chi connectivity index (χ4v) is 4.65. The van der Waals surface area contributed by atoms with Crippen LogP contribution in [0.5, 0.6) is 0 Å². The molecule has 2 aliphatic carbocycles. The molecule has 0 aliphatic heterocycles. The molecular weight excluding hydrogens is 430 g/mol. The molecule has 2 unspecified atom stereocenters. The molecule has 0 radical (unpaired) electrons. The molecule has 2 N–H and O–H groups in total. The van der Waals surface area contributed by atoms with E-state index in [1.54, 1.807) is 32.6 Å². The molecular formula is C27H41N3O4. The van der Waals surface area contributed by atoms with Crippen molar-refractivity contribution in [2.24, 2.45) is 0 Å². The lowest BCUT2D eigenvalue weighted by Crippen LogP contribution is -2.53. The molecule has 2 saturated carbocycles. The number of carbonyl (C=O) groups excluding carboxylic acids is 3. The lowest BCUT2D eigenvalue weighted by molar-refractivity contribution is -0.143. The molecule has 0 saturated heterocycles. The second-order valence-electron chi connectivity index (χ2n) is 10.9. The Morgan fingerprint density at radius 2 is 1.68 bits per heavy atom. The molecule has 7 nitrogen and oxygen atoms in total. The number of benzene rings is 1. The number of nitrogens with zero attached hydrogens (tertiary/aromatic N) is 1. The number of hydrogen-bond donors (Lipinski definition) is 2. The Morgan fingerprint density at radius 3 is 2.26 bits per heavy atom. The Bertz CT molecular complexity index is 898. The van der Waals surface area contributed by atoms with Gasteiger partial charge in [-0.2, -0.15) is 0 Å². The monoisotopic (exact) mass is 471 g/mol. The van der Waals surface area contributed by atoms with Gasteiger partial charge in [-0.25, -0.2) is 4.79 Å². The van der Waals surface area contributed by atoms with Gasteiger partial charge in [0.2, 0.25) is 11.8 Å². The molecule has 0 bridgehead atoms. The molecule has 0 heterocycles. The van der Waals surface area contributed by atoms with Crippen molar-refractivity contribution < 1.29 is 19.1 Å². The van der Waals surface area contributed by atoms with Crippen LogP contribution in [0.2, 0.25) is 0 Å². The number of carbonyl (C=O) groups is 3. The van der Waals surface area contributed by atoms with Crippen molar-refractivity contribution in [3.63, 3.8) is 0 Å². The lowest BCUT2D eigenvalue weighted by Gasteiger charge is -2.36. The van der Waals surface area contributed by atoms with E-state index in [1.165, 1.54) is 6.42 Å². The average molecular weight is 472 g/mol. The standard InChI is InChI=1S/C27H41N3O4/c1-17-11-10-14-22(18(17)2)23(24(31)29-20-12-8-7-9-13-20)30(21-15-16-21)25(32)19(3)28-26(33)34-27(4,5)6/h10-11,14,19-21,23H,7-9,12-13,15-16H2,1-6H3,(H,28,33)(H,29,31). The summed E-state index contributed by atoms with van der Waals surface area (Å²) in [4.78, 5) is 41.5. The van der Waals surface area contributed by atoms with Gasteiger partial charge < -0.3 is 20.3 Å². The summed E-state index contributed by atoms with van der Waals surface area (Å²) in [6.07, 6.45) is 6.43. The van der Waals surface area contributed by atoms with Crippen molar-refractivity contribution in [1.82, 2.24) is 15.5 Å². The van der Waals surface area contributed by atoms with Gasteiger partial charge in [-0.3, -0.25) is 9.59 Å². The zero-order valence-electron chi connectivity index (χ0n) is 21.6. The summed E-state index contributed by atoms with van der Waals surface area (Å²) in [6, 6.07) is 4.48. The highest BCUT2D eigenvalue weighted by Crippen LogP contribution is 2.37. The first kappa shape index (κ1) is 26.0. The van der Waals surface area contributed by atoms with E-state index >= 15 is 0 Å². The summed E-state index contributed by atoms with van der Waals surface area (Å²) < 4.78 is 5.34. The third kappa shape index (κ3) is 6.73. The van der Waals surface area contributed by atoms with Gasteiger partial charge in [0.05, 0.1) is 0 Å². The summed E-state index contributed by atoms with van der Waals surface area (Å²) >= 11 is 0. The van der Waals surface area contributed by atoms with Crippen molar-refractivity contribution in [2.75, 3.05) is 0 Å². The first-order valence-electron chi connectivity index (χ1n) is 12.7. The van der Waals surface area contributed by atoms with Crippen LogP contribution in [-0.2, 0) is 14.3 Å². The van der Waals surface area contributed by atoms with Gasteiger partial charge in [0.25, 0.3) is 0 Å². The number of nitrogens with one attached hydrogen (secondary N) is 2. The van der Waals surface area contributed by atoms with Crippen LogP contribution in [0.4, 0.5) is 4.79 Å². The largest absolute Gasteiger partial charge is 0.444 e. The van der Waals surface area contributed by atoms with Crippen molar-refractivity contribution in [3.05, 3.63) is 34.9 Å². The van der Waals surface area contributed by atoms with Crippen molar-refractivity contribution in [2.45, 2.75) is 116 Å². The maximum absolute atomic E-state index is 13.8. The van der Waals surface area contributed by atoms with E-state index in [4.69, 9.17) is 4.74 Å². The summed E-state index contributed by atoms with van der Waals surface area (Å²) in [6.45, 7) is 11.0. The Kier molecular flexibility index (Phi) is 8.26. The van der Waals surface area contributed by atoms with Gasteiger partial charge in [-0.05, 0) is 83.9 Å². The van der Waals surface area contributed by atoms with E-state index in [0.29, 0.717) is 0 Å². The average Bonchev–Trinajstić information content (AvgIpc) is 3.58. The summed E-state index contributed by atoms with van der Waals surface area (Å²) in [5.74, 6) is -0.400. The molecule has 7 heteroatoms. The minimum atomic E-state index is -0.814. The topological polar surface area (TPSA) is 87.7 Å². The van der Waals surface area contributed by atoms with Crippen LogP contribution in [0.3, 0.4) is 0 Å². The van der Waals surface area contributed by atoms with Crippen LogP contribution >= 0.6 is 0 Å². The zero-order valence-corrected chi connectivity index (χ0v) is 21.6. The van der Waals surface area contributed by atoms with Gasteiger partial charge in [-0.1, -0.05) is 37.5 Å². The third-order valence-electron chi connectivity index (χ3n) is 6.72. The quantitative estimate of drug-likeness (QED) is 0.603. The van der Waals surface area contributed by atoms with Gasteiger partial charge in [-0.15, -0.1) is 0 Å². The summed E-state index contributed by atoms with van der Waals surface area (Å²) in [5.41, 5.74) is 2.27. The Hall–Kier alpha value is -2.57. The molecule has 3 rings (SSSR count). The van der Waals surface area contributed by atoms with Gasteiger partial charge in [0, 0.05) is 12.1 Å². The molecule has 3 amide bonds. The normalized spacial score (nSPS) is 18.5. The van der Waals surface area contributed by atoms with Crippen molar-refractivity contribution in [3.8, 4) is 0 Å². The van der Waals surface area contributed by atoms with Crippen LogP contribution in [0.25, 0.3) is 0 Å². The maximum atomic E-state index is 13.8. The fourth-order valence-electron chi connectivity index (χ4n) is 4.65. The van der Waals surface area contributed by atoms with Crippen molar-refractivity contribution in [1.29, 1.82) is 0 Å². The third-order valence-corrected chi connectivity index (χ3v) is 6.72. The highest BCUT2D eigenvalue weighted by Gasteiger charge is 2.44. The zero-order chi connectivity index (χ0) is 25.0. The van der Waals surface area contributed by atoms with E-state index in [9.17, 15) is 14.4 Å². The van der Waals surface area contributed by atoms with E-state index in [2.05, 4.69) is 10.6 Å². The SMILES string of the molecule is Cc1cccc(C(C(=O)NC2CCCCC2)N(C(=O)C(C)NC(=O)OC(C)(C)C)C2CC2)c1C. The number of ether oxygens (including phenoxy) is 1. The maximum Gasteiger partial charge on any atom is 0.408 e. The van der Waals surface area contributed by atoms with Crippen LogP contribution in [0, 0.1) is 13.8 Å². The van der Waals surface area contributed by atoms with E-state index in [0.717, 1.165) is 55.2 Å². The molecule has 34 heavy (non-hydrogen) atoms. The first-order valence-corrected chi connectivity index (χ1v) is 12.7. The predicted molar refractivity (Wildman–Crippen MR) is 132 cm³/mol. The highest BCUT2D eigenvalue weighted by atomic mass is 16.6. The van der Waals surface area contributed by atoms with Crippen LogP contribution in [0.1, 0.15) is 95.4 Å². The molecule has 0 aromatic heterocycles. The Morgan fingerprint density at radius 1 is 1.03 bits per heavy atom. The van der Waals surface area contributed by atoms with Gasteiger partial charge in [0.1, 0.15) is 17.7 Å². The number of amides is 3. The summed E-state index contributed by atoms with van der Waals surface area (Å²) in [7, 11) is 0. The van der Waals surface area contributed by atoms with Crippen molar-refractivity contribution >= 4 is 17.9 Å². The minimum Gasteiger partial charge on any atom is -0.444 e. The first-order chi connectivity index (χ1) is 16.0. The molecule has 2 fully saturated rings. The molecule has 1 aromatic carbocycles. The molecule has 2 atom stereocenters. The second kappa shape index (κ2) is 10.8. The molecule has 2 aliphatic rings. The van der Waals surface area contributed by atoms with E-state index in [1.807, 2.05) is 32.0 Å². The number of alkyl carbamates (subject to hydrolysis) is 1. The van der Waals surface area contributed by atoms with Gasteiger partial charge in [0.15, 0.2) is 0 Å². The summed E-state index contributed by atoms with van der Waals surface area (Å²) in [5, 5.41) is 5.92. The molecule has 188 valence electrons. The highest BCUT2D eigenvalue weighted by molar-refractivity contribution is 5.92. The predicted octanol–water partition coefficient (Wildman–Crippen LogP) is 4.70. The fraction of sp³-hybridized carbons (Fsp3) is 0.667. The Labute approximate surface area is 204 Å². The van der Waals surface area contributed by atoms with E-state index in [-0.39, 0.29) is 23.9 Å². The lowest BCUT2D eigenvalue weighted by atomic mass is 9.92. The number of aryl methyl sites for hydroxylation is 1.